The third kappa shape index (κ3) is 7.82. The van der Waals surface area contributed by atoms with E-state index in [1.54, 1.807) is 28.4 Å². The summed E-state index contributed by atoms with van der Waals surface area (Å²) in [6.45, 7) is 6.06. The van der Waals surface area contributed by atoms with Gasteiger partial charge in [-0.2, -0.15) is 5.26 Å². The predicted molar refractivity (Wildman–Crippen MR) is 177 cm³/mol. The van der Waals surface area contributed by atoms with E-state index in [9.17, 15) is 5.26 Å². The minimum atomic E-state index is -0.580. The third-order valence-electron chi connectivity index (χ3n) is 10.5. The van der Waals surface area contributed by atoms with E-state index in [-0.39, 0.29) is 5.92 Å². The summed E-state index contributed by atoms with van der Waals surface area (Å²) >= 11 is 0. The number of benzene rings is 2. The number of nitrogens with zero attached hydrogens (tertiary/aromatic N) is 2. The van der Waals surface area contributed by atoms with Crippen molar-refractivity contribution in [3.63, 3.8) is 0 Å². The average Bonchev–Trinajstić information content (AvgIpc) is 3.00. The van der Waals surface area contributed by atoms with Gasteiger partial charge in [0.1, 0.15) is 0 Å². The molecule has 4 saturated carbocycles. The molecule has 0 amide bonds. The second-order valence-corrected chi connectivity index (χ2v) is 13.9. The Morgan fingerprint density at radius 2 is 1.36 bits per heavy atom. The normalized spacial score (nSPS) is 24.7. The van der Waals surface area contributed by atoms with Crippen molar-refractivity contribution in [2.45, 2.75) is 82.6 Å². The highest BCUT2D eigenvalue weighted by molar-refractivity contribution is 5.47. The van der Waals surface area contributed by atoms with Crippen molar-refractivity contribution in [3.8, 4) is 29.1 Å². The van der Waals surface area contributed by atoms with Crippen LogP contribution in [0.15, 0.2) is 36.4 Å². The molecule has 1 atom stereocenters. The van der Waals surface area contributed by atoms with Gasteiger partial charge in [-0.25, -0.2) is 0 Å². The lowest BCUT2D eigenvalue weighted by molar-refractivity contribution is 0.000364. The molecule has 7 nitrogen and oxygen atoms in total. The average molecular weight is 606 g/mol. The van der Waals surface area contributed by atoms with E-state index in [2.05, 4.69) is 37.9 Å². The molecule has 4 aliphatic carbocycles. The van der Waals surface area contributed by atoms with Gasteiger partial charge in [-0.15, -0.1) is 0 Å². The zero-order valence-corrected chi connectivity index (χ0v) is 28.2. The van der Waals surface area contributed by atoms with E-state index in [0.29, 0.717) is 17.0 Å². The molecule has 44 heavy (non-hydrogen) atoms. The fraction of sp³-hybridized carbons (Fsp3) is 0.649. The molecule has 2 aromatic carbocycles. The molecule has 1 unspecified atom stereocenters. The topological polar surface area (TPSA) is 90.0 Å². The van der Waals surface area contributed by atoms with Gasteiger partial charge in [0, 0.05) is 12.1 Å². The maximum atomic E-state index is 10.2. The van der Waals surface area contributed by atoms with Crippen molar-refractivity contribution in [1.29, 1.82) is 5.26 Å². The van der Waals surface area contributed by atoms with Crippen LogP contribution in [0.5, 0.6) is 23.0 Å². The molecular weight excluding hydrogens is 550 g/mol. The van der Waals surface area contributed by atoms with Crippen molar-refractivity contribution < 1.29 is 18.9 Å². The van der Waals surface area contributed by atoms with Crippen molar-refractivity contribution in [2.75, 3.05) is 48.6 Å². The Bertz CT molecular complexity index is 1240. The monoisotopic (exact) mass is 605 g/mol. The van der Waals surface area contributed by atoms with E-state index >= 15 is 0 Å². The summed E-state index contributed by atoms with van der Waals surface area (Å²) in [5, 5.41) is 10.2. The van der Waals surface area contributed by atoms with Gasteiger partial charge in [-0.3, -0.25) is 0 Å². The molecule has 242 valence electrons. The van der Waals surface area contributed by atoms with E-state index in [0.717, 1.165) is 67.2 Å². The molecule has 0 spiro atoms. The quantitative estimate of drug-likeness (QED) is 0.263. The Morgan fingerprint density at radius 3 is 1.84 bits per heavy atom. The molecule has 0 saturated heterocycles. The molecule has 0 aromatic heterocycles. The molecular formula is C37H55N3O4. The first kappa shape index (κ1) is 33.9. The van der Waals surface area contributed by atoms with Gasteiger partial charge in [0.25, 0.3) is 0 Å². The summed E-state index contributed by atoms with van der Waals surface area (Å²) in [6.07, 6.45) is 11.2. The summed E-state index contributed by atoms with van der Waals surface area (Å²) in [4.78, 5) is 2.31. The number of ether oxygens (including phenoxy) is 4. The van der Waals surface area contributed by atoms with Crippen LogP contribution in [0.4, 0.5) is 0 Å². The summed E-state index contributed by atoms with van der Waals surface area (Å²) in [5.41, 5.74) is 8.23. The number of rotatable bonds is 13. The molecule has 4 aliphatic rings. The van der Waals surface area contributed by atoms with Crippen LogP contribution in [0.1, 0.15) is 76.3 Å². The number of likely N-dealkylation sites (N-methyl/N-ethyl adjacent to an activating group) is 1. The highest BCUT2D eigenvalue weighted by Gasteiger charge is 2.48. The van der Waals surface area contributed by atoms with Gasteiger partial charge >= 0.3 is 0 Å². The number of hydrogen-bond donors (Lipinski definition) is 1. The zero-order valence-electron chi connectivity index (χ0n) is 28.2. The molecule has 7 heteroatoms. The van der Waals surface area contributed by atoms with Crippen LogP contribution < -0.4 is 24.7 Å². The minimum Gasteiger partial charge on any atom is -0.493 e. The van der Waals surface area contributed by atoms with Crippen molar-refractivity contribution in [2.24, 2.45) is 29.4 Å². The van der Waals surface area contributed by atoms with Crippen LogP contribution in [0.2, 0.25) is 0 Å². The Hall–Kier alpha value is -2.95. The van der Waals surface area contributed by atoms with E-state index in [1.807, 2.05) is 30.3 Å². The van der Waals surface area contributed by atoms with E-state index < -0.39 is 5.41 Å². The number of methoxy groups -OCH3 is 4. The molecule has 2 aromatic rings. The van der Waals surface area contributed by atoms with Crippen LogP contribution >= 0.6 is 0 Å². The van der Waals surface area contributed by atoms with Gasteiger partial charge in [0.05, 0.1) is 39.9 Å². The molecule has 0 aliphatic heterocycles. The second kappa shape index (κ2) is 14.9. The van der Waals surface area contributed by atoms with Gasteiger partial charge in [-0.1, -0.05) is 26.0 Å². The van der Waals surface area contributed by atoms with Gasteiger partial charge in [-0.05, 0) is 130 Å². The first-order chi connectivity index (χ1) is 21.1. The fourth-order valence-corrected chi connectivity index (χ4v) is 8.40. The predicted octanol–water partition coefficient (Wildman–Crippen LogP) is 7.01. The van der Waals surface area contributed by atoms with Crippen molar-refractivity contribution in [3.05, 3.63) is 47.5 Å². The Balaban J connectivity index is 0.000000328. The minimum absolute atomic E-state index is 0.165. The van der Waals surface area contributed by atoms with Crippen molar-refractivity contribution in [1.82, 2.24) is 4.90 Å². The van der Waals surface area contributed by atoms with Crippen LogP contribution in [0, 0.1) is 35.0 Å². The fourth-order valence-electron chi connectivity index (χ4n) is 8.40. The SMILES string of the molecule is COc1ccc(CCN(C)CCCC(C#N)(c2ccc(OC)c(OC)c2)C(C)C)cc1OC.NC12CC3CC(CC(C3)C1)C2. The van der Waals surface area contributed by atoms with Gasteiger partial charge < -0.3 is 29.6 Å². The molecule has 2 N–H and O–H groups in total. The Morgan fingerprint density at radius 1 is 0.841 bits per heavy atom. The third-order valence-corrected chi connectivity index (χ3v) is 10.5. The summed E-state index contributed by atoms with van der Waals surface area (Å²) in [5.74, 6) is 6.05. The summed E-state index contributed by atoms with van der Waals surface area (Å²) < 4.78 is 21.6. The van der Waals surface area contributed by atoms with Gasteiger partial charge in [0.2, 0.25) is 0 Å². The molecule has 4 fully saturated rings. The first-order valence-corrected chi connectivity index (χ1v) is 16.4. The molecule has 4 bridgehead atoms. The lowest BCUT2D eigenvalue weighted by Crippen LogP contribution is -2.55. The van der Waals surface area contributed by atoms with Crippen LogP contribution in [0.25, 0.3) is 0 Å². The highest BCUT2D eigenvalue weighted by Crippen LogP contribution is 2.54. The maximum absolute atomic E-state index is 10.2. The Kier molecular flexibility index (Phi) is 11.5. The zero-order chi connectivity index (χ0) is 31.9. The lowest BCUT2D eigenvalue weighted by atomic mass is 9.53. The summed E-state index contributed by atoms with van der Waals surface area (Å²) in [6, 6.07) is 14.5. The highest BCUT2D eigenvalue weighted by atomic mass is 16.5. The maximum Gasteiger partial charge on any atom is 0.161 e. The van der Waals surface area contributed by atoms with Crippen LogP contribution in [-0.2, 0) is 11.8 Å². The number of nitrogens with two attached hydrogens (primary N) is 1. The largest absolute Gasteiger partial charge is 0.493 e. The van der Waals surface area contributed by atoms with Gasteiger partial charge in [0.15, 0.2) is 23.0 Å². The van der Waals surface area contributed by atoms with E-state index in [1.165, 1.54) is 44.1 Å². The number of nitriles is 1. The van der Waals surface area contributed by atoms with Crippen LogP contribution in [-0.4, -0.2) is 59.0 Å². The lowest BCUT2D eigenvalue weighted by Gasteiger charge is -2.55. The summed E-state index contributed by atoms with van der Waals surface area (Å²) in [7, 11) is 8.67. The van der Waals surface area contributed by atoms with Crippen LogP contribution in [0.3, 0.4) is 0 Å². The smallest absolute Gasteiger partial charge is 0.161 e. The molecule has 0 heterocycles. The van der Waals surface area contributed by atoms with Crippen molar-refractivity contribution >= 4 is 0 Å². The molecule has 0 radical (unpaired) electrons. The molecule has 6 rings (SSSR count). The standard InChI is InChI=1S/C27H38N2O4.C10H17N/c1-20(2)27(19-28,22-10-12-24(31-5)26(18-22)33-7)14-8-15-29(3)16-13-21-9-11-23(30-4)25(17-21)32-6;11-10-4-7-1-8(5-10)3-9(2-7)6-10/h9-12,17-18,20H,8,13-16H2,1-7H3;7-9H,1-6,11H2. The first-order valence-electron chi connectivity index (χ1n) is 16.4. The number of hydrogen-bond acceptors (Lipinski definition) is 7. The van der Waals surface area contributed by atoms with E-state index in [4.69, 9.17) is 24.7 Å². The second-order valence-electron chi connectivity index (χ2n) is 13.9. The Labute approximate surface area is 266 Å².